The highest BCUT2D eigenvalue weighted by atomic mass is 16.4. The van der Waals surface area contributed by atoms with Crippen LogP contribution in [0.15, 0.2) is 48.5 Å². The Kier molecular flexibility index (Phi) is 8.32. The second-order valence-electron chi connectivity index (χ2n) is 7.31. The first-order chi connectivity index (χ1) is 13.0. The number of carboxylic acid groups (broad SMARTS) is 1. The first-order valence-electron chi connectivity index (χ1n) is 10.2. The number of rotatable bonds is 10. The summed E-state index contributed by atoms with van der Waals surface area (Å²) in [6.07, 6.45) is 10.8. The Bertz CT molecular complexity index is 756. The zero-order valence-corrected chi connectivity index (χ0v) is 16.9. The lowest BCUT2D eigenvalue weighted by Gasteiger charge is -2.15. The van der Waals surface area contributed by atoms with Crippen molar-refractivity contribution in [3.63, 3.8) is 0 Å². The van der Waals surface area contributed by atoms with Gasteiger partial charge in [-0.1, -0.05) is 75.7 Å². The molecule has 0 saturated carbocycles. The molecule has 27 heavy (non-hydrogen) atoms. The summed E-state index contributed by atoms with van der Waals surface area (Å²) < 4.78 is 0. The second kappa shape index (κ2) is 10.7. The van der Waals surface area contributed by atoms with E-state index >= 15 is 0 Å². The fraction of sp³-hybridized carbons (Fsp3) is 0.400. The minimum absolute atomic E-state index is 0.226. The summed E-state index contributed by atoms with van der Waals surface area (Å²) in [5.41, 5.74) is 5.21. The van der Waals surface area contributed by atoms with Crippen LogP contribution in [0.5, 0.6) is 0 Å². The van der Waals surface area contributed by atoms with Crippen molar-refractivity contribution in [1.29, 1.82) is 0 Å². The molecule has 1 N–H and O–H groups in total. The van der Waals surface area contributed by atoms with Crippen LogP contribution in [0.3, 0.4) is 0 Å². The van der Waals surface area contributed by atoms with E-state index in [1.807, 2.05) is 6.07 Å². The smallest absolute Gasteiger partial charge is 0.335 e. The number of hydrogen-bond donors (Lipinski definition) is 1. The lowest BCUT2D eigenvalue weighted by Crippen LogP contribution is -2.06. The van der Waals surface area contributed by atoms with Gasteiger partial charge in [0, 0.05) is 0 Å². The molecule has 1 unspecified atom stereocenters. The van der Waals surface area contributed by atoms with Gasteiger partial charge in [0.05, 0.1) is 5.56 Å². The minimum Gasteiger partial charge on any atom is -0.478 e. The Morgan fingerprint density at radius 1 is 1.07 bits per heavy atom. The second-order valence-corrected chi connectivity index (χ2v) is 7.31. The highest BCUT2D eigenvalue weighted by Crippen LogP contribution is 2.26. The van der Waals surface area contributed by atoms with Gasteiger partial charge in [-0.15, -0.1) is 0 Å². The molecule has 0 fully saturated rings. The van der Waals surface area contributed by atoms with E-state index in [1.54, 1.807) is 6.07 Å². The molecule has 0 heterocycles. The highest BCUT2D eigenvalue weighted by molar-refractivity contribution is 5.89. The maximum Gasteiger partial charge on any atom is 0.335 e. The van der Waals surface area contributed by atoms with E-state index in [1.165, 1.54) is 29.5 Å². The first-order valence-corrected chi connectivity index (χ1v) is 10.2. The molecule has 2 heteroatoms. The minimum atomic E-state index is -0.835. The normalized spacial score (nSPS) is 12.4. The van der Waals surface area contributed by atoms with E-state index in [-0.39, 0.29) is 5.92 Å². The maximum atomic E-state index is 11.5. The number of unbranched alkanes of at least 4 members (excludes halogenated alkanes) is 1. The quantitative estimate of drug-likeness (QED) is 0.498. The average Bonchev–Trinajstić information content (AvgIpc) is 2.69. The lowest BCUT2D eigenvalue weighted by molar-refractivity contribution is 0.0695. The molecular weight excluding hydrogens is 332 g/mol. The number of carbonyl (C=O) groups is 1. The van der Waals surface area contributed by atoms with Crippen molar-refractivity contribution in [3.8, 4) is 0 Å². The Balaban J connectivity index is 1.94. The van der Waals surface area contributed by atoms with Gasteiger partial charge in [-0.2, -0.15) is 0 Å². The van der Waals surface area contributed by atoms with Gasteiger partial charge in [0.25, 0.3) is 0 Å². The number of benzene rings is 2. The van der Waals surface area contributed by atoms with Gasteiger partial charge in [-0.25, -0.2) is 4.79 Å². The zero-order valence-electron chi connectivity index (χ0n) is 16.9. The Hall–Kier alpha value is -2.35. The van der Waals surface area contributed by atoms with Crippen LogP contribution in [0, 0.1) is 0 Å². The van der Waals surface area contributed by atoms with Crippen LogP contribution in [-0.4, -0.2) is 11.1 Å². The molecular formula is C25H32O2. The third kappa shape index (κ3) is 6.39. The molecule has 144 valence electrons. The molecule has 0 bridgehead atoms. The molecule has 0 aromatic heterocycles. The Morgan fingerprint density at radius 3 is 2.41 bits per heavy atom. The average molecular weight is 365 g/mol. The van der Waals surface area contributed by atoms with E-state index in [2.05, 4.69) is 63.3 Å². The molecule has 2 aromatic carbocycles. The number of aryl methyl sites for hydroxylation is 2. The molecule has 0 amide bonds. The standard InChI is InChI=1S/C25H32O2/c1-4-6-10-21-12-14-22(15-13-21)11-8-7-9-19(3)24-18-20(5-2)16-17-23(24)25(26)27/h8,11-19H,4-7,9-10H2,1-3H3,(H,26,27). The molecule has 0 spiro atoms. The molecule has 0 radical (unpaired) electrons. The van der Waals surface area contributed by atoms with Crippen LogP contribution < -0.4 is 0 Å². The van der Waals surface area contributed by atoms with E-state index < -0.39 is 5.97 Å². The van der Waals surface area contributed by atoms with Gasteiger partial charge in [-0.3, -0.25) is 0 Å². The van der Waals surface area contributed by atoms with E-state index in [0.717, 1.165) is 31.2 Å². The largest absolute Gasteiger partial charge is 0.478 e. The van der Waals surface area contributed by atoms with Crippen LogP contribution in [0.25, 0.3) is 6.08 Å². The van der Waals surface area contributed by atoms with Crippen LogP contribution in [0.4, 0.5) is 0 Å². The maximum absolute atomic E-state index is 11.5. The van der Waals surface area contributed by atoms with Crippen molar-refractivity contribution in [2.45, 2.75) is 65.2 Å². The molecule has 2 rings (SSSR count). The molecule has 2 nitrogen and oxygen atoms in total. The Morgan fingerprint density at radius 2 is 1.78 bits per heavy atom. The monoisotopic (exact) mass is 364 g/mol. The summed E-state index contributed by atoms with van der Waals surface area (Å²) in [7, 11) is 0. The first kappa shape index (κ1) is 21.0. The summed E-state index contributed by atoms with van der Waals surface area (Å²) in [6, 6.07) is 14.5. The summed E-state index contributed by atoms with van der Waals surface area (Å²) >= 11 is 0. The molecule has 2 aromatic rings. The predicted octanol–water partition coefficient (Wildman–Crippen LogP) is 6.89. The van der Waals surface area contributed by atoms with Gasteiger partial charge in [0.1, 0.15) is 0 Å². The van der Waals surface area contributed by atoms with Crippen molar-refractivity contribution in [2.75, 3.05) is 0 Å². The van der Waals surface area contributed by atoms with Crippen LogP contribution >= 0.6 is 0 Å². The number of carboxylic acids is 1. The molecule has 0 aliphatic heterocycles. The van der Waals surface area contributed by atoms with E-state index in [9.17, 15) is 9.90 Å². The van der Waals surface area contributed by atoms with Crippen molar-refractivity contribution in [1.82, 2.24) is 0 Å². The summed E-state index contributed by atoms with van der Waals surface area (Å²) in [4.78, 5) is 11.5. The Labute approximate surface area is 163 Å². The van der Waals surface area contributed by atoms with Crippen LogP contribution in [0.2, 0.25) is 0 Å². The molecule has 0 saturated heterocycles. The molecule has 0 aliphatic carbocycles. The summed E-state index contributed by atoms with van der Waals surface area (Å²) in [5, 5.41) is 9.46. The van der Waals surface area contributed by atoms with Gasteiger partial charge in [0.2, 0.25) is 0 Å². The van der Waals surface area contributed by atoms with Gasteiger partial charge >= 0.3 is 5.97 Å². The van der Waals surface area contributed by atoms with Gasteiger partial charge in [0.15, 0.2) is 0 Å². The molecule has 0 aliphatic rings. The van der Waals surface area contributed by atoms with Crippen LogP contribution in [0.1, 0.15) is 85.0 Å². The van der Waals surface area contributed by atoms with Crippen molar-refractivity contribution in [3.05, 3.63) is 76.4 Å². The molecule has 1 atom stereocenters. The van der Waals surface area contributed by atoms with Crippen molar-refractivity contribution < 1.29 is 9.90 Å². The summed E-state index contributed by atoms with van der Waals surface area (Å²) in [5.74, 6) is -0.609. The number of allylic oxidation sites excluding steroid dienone is 1. The third-order valence-electron chi connectivity index (χ3n) is 5.16. The van der Waals surface area contributed by atoms with Crippen molar-refractivity contribution >= 4 is 12.0 Å². The summed E-state index contributed by atoms with van der Waals surface area (Å²) in [6.45, 7) is 6.44. The number of hydrogen-bond acceptors (Lipinski definition) is 1. The van der Waals surface area contributed by atoms with Crippen molar-refractivity contribution in [2.24, 2.45) is 0 Å². The lowest BCUT2D eigenvalue weighted by atomic mass is 9.90. The zero-order chi connectivity index (χ0) is 19.6. The van der Waals surface area contributed by atoms with Gasteiger partial charge in [-0.05, 0) is 66.3 Å². The topological polar surface area (TPSA) is 37.3 Å². The SMILES string of the molecule is CCCCc1ccc(C=CCCC(C)c2cc(CC)ccc2C(=O)O)cc1. The third-order valence-corrected chi connectivity index (χ3v) is 5.16. The number of aromatic carboxylic acids is 1. The predicted molar refractivity (Wildman–Crippen MR) is 115 cm³/mol. The fourth-order valence-corrected chi connectivity index (χ4v) is 3.33. The van der Waals surface area contributed by atoms with Gasteiger partial charge < -0.3 is 5.11 Å². The van der Waals surface area contributed by atoms with E-state index in [4.69, 9.17) is 0 Å². The van der Waals surface area contributed by atoms with Crippen LogP contribution in [-0.2, 0) is 12.8 Å². The fourth-order valence-electron chi connectivity index (χ4n) is 3.33. The van der Waals surface area contributed by atoms with E-state index in [0.29, 0.717) is 5.56 Å². The highest BCUT2D eigenvalue weighted by Gasteiger charge is 2.15.